The van der Waals surface area contributed by atoms with Crippen LogP contribution >= 0.6 is 0 Å². The van der Waals surface area contributed by atoms with Gasteiger partial charge in [-0.05, 0) is 38.6 Å². The van der Waals surface area contributed by atoms with Crippen molar-refractivity contribution < 1.29 is 9.53 Å². The maximum absolute atomic E-state index is 11.7. The molecule has 0 amide bonds. The van der Waals surface area contributed by atoms with Gasteiger partial charge in [0.2, 0.25) is 0 Å². The average molecular weight is 274 g/mol. The molecule has 0 radical (unpaired) electrons. The first-order chi connectivity index (χ1) is 9.69. The van der Waals surface area contributed by atoms with E-state index < -0.39 is 5.97 Å². The van der Waals surface area contributed by atoms with Gasteiger partial charge in [-0.3, -0.25) is 0 Å². The number of nitrogens with zero attached hydrogens (tertiary/aromatic N) is 4. The lowest BCUT2D eigenvalue weighted by atomic mass is 9.98. The van der Waals surface area contributed by atoms with Crippen molar-refractivity contribution in [2.45, 2.75) is 18.8 Å². The number of piperidine rings is 1. The summed E-state index contributed by atoms with van der Waals surface area (Å²) in [7, 11) is 3.48. The highest BCUT2D eigenvalue weighted by Gasteiger charge is 2.23. The second-order valence-electron chi connectivity index (χ2n) is 5.24. The van der Waals surface area contributed by atoms with E-state index in [2.05, 4.69) is 22.0 Å². The summed E-state index contributed by atoms with van der Waals surface area (Å²) in [4.78, 5) is 18.6. The van der Waals surface area contributed by atoms with Gasteiger partial charge >= 0.3 is 5.97 Å². The van der Waals surface area contributed by atoms with E-state index in [4.69, 9.17) is 4.74 Å². The zero-order valence-corrected chi connectivity index (χ0v) is 11.7. The van der Waals surface area contributed by atoms with Gasteiger partial charge in [0.25, 0.3) is 0 Å². The van der Waals surface area contributed by atoms with Crippen LogP contribution in [0.4, 0.5) is 0 Å². The number of likely N-dealkylation sites (N-methyl/N-ethyl adjacent to an activating group) is 1. The van der Waals surface area contributed by atoms with Gasteiger partial charge in [-0.1, -0.05) is 6.07 Å². The van der Waals surface area contributed by atoms with E-state index in [1.807, 2.05) is 6.07 Å². The van der Waals surface area contributed by atoms with E-state index in [1.54, 1.807) is 16.6 Å². The Kier molecular flexibility index (Phi) is 3.40. The van der Waals surface area contributed by atoms with Crippen LogP contribution in [0, 0.1) is 0 Å². The summed E-state index contributed by atoms with van der Waals surface area (Å²) < 4.78 is 6.36. The summed E-state index contributed by atoms with van der Waals surface area (Å²) in [5, 5.41) is 4.52. The molecule has 0 N–H and O–H groups in total. The lowest BCUT2D eigenvalue weighted by molar-refractivity contribution is 0.0590. The third kappa shape index (κ3) is 2.27. The Morgan fingerprint density at radius 2 is 2.30 bits per heavy atom. The Morgan fingerprint density at radius 1 is 1.45 bits per heavy atom. The van der Waals surface area contributed by atoms with Gasteiger partial charge in [0.1, 0.15) is 0 Å². The van der Waals surface area contributed by atoms with Gasteiger partial charge in [-0.15, -0.1) is 0 Å². The number of ether oxygens (including phenoxy) is 1. The van der Waals surface area contributed by atoms with Crippen molar-refractivity contribution in [1.29, 1.82) is 0 Å². The van der Waals surface area contributed by atoms with Gasteiger partial charge in [0.15, 0.2) is 17.2 Å². The number of hydrogen-bond acceptors (Lipinski definition) is 5. The van der Waals surface area contributed by atoms with E-state index in [-0.39, 0.29) is 0 Å². The Bertz CT molecular complexity index is 637. The Balaban J connectivity index is 2.00. The summed E-state index contributed by atoms with van der Waals surface area (Å²) in [6.07, 6.45) is 2.25. The molecule has 1 atom stereocenters. The molecule has 1 saturated heterocycles. The van der Waals surface area contributed by atoms with Crippen LogP contribution in [0.15, 0.2) is 18.2 Å². The summed E-state index contributed by atoms with van der Waals surface area (Å²) >= 11 is 0. The summed E-state index contributed by atoms with van der Waals surface area (Å²) in [6.45, 7) is 2.09. The predicted molar refractivity (Wildman–Crippen MR) is 73.8 cm³/mol. The minimum absolute atomic E-state index is 0.333. The summed E-state index contributed by atoms with van der Waals surface area (Å²) in [5.74, 6) is 0.750. The highest BCUT2D eigenvalue weighted by atomic mass is 16.5. The Morgan fingerprint density at radius 3 is 3.05 bits per heavy atom. The van der Waals surface area contributed by atoms with E-state index in [0.717, 1.165) is 31.8 Å². The standard InChI is InChI=1S/C14H18N4O2/c1-17-8-4-5-10(9-17)13-15-12-7-3-6-11(14(19)20-2)18(12)16-13/h3,6-7,10H,4-5,8-9H2,1-2H3. The Labute approximate surface area is 117 Å². The molecule has 1 aliphatic rings. The predicted octanol–water partition coefficient (Wildman–Crippen LogP) is 1.33. The number of esters is 1. The number of carbonyl (C=O) groups excluding carboxylic acids is 1. The molecule has 3 rings (SSSR count). The molecule has 1 fully saturated rings. The van der Waals surface area contributed by atoms with Crippen LogP contribution in [0.5, 0.6) is 0 Å². The lowest BCUT2D eigenvalue weighted by Crippen LogP contribution is -2.31. The smallest absolute Gasteiger partial charge is 0.356 e. The number of methoxy groups -OCH3 is 1. The maximum atomic E-state index is 11.7. The number of rotatable bonds is 2. The SMILES string of the molecule is COC(=O)c1cccc2nc(C3CCCN(C)C3)nn12. The first kappa shape index (κ1) is 13.1. The number of fused-ring (bicyclic) bond motifs is 1. The third-order valence-corrected chi connectivity index (χ3v) is 3.76. The van der Waals surface area contributed by atoms with E-state index >= 15 is 0 Å². The zero-order valence-electron chi connectivity index (χ0n) is 11.7. The Hall–Kier alpha value is -1.95. The molecule has 6 nitrogen and oxygen atoms in total. The van der Waals surface area contributed by atoms with Crippen LogP contribution in [0.25, 0.3) is 5.65 Å². The molecule has 2 aromatic heterocycles. The van der Waals surface area contributed by atoms with Crippen molar-refractivity contribution in [3.05, 3.63) is 29.7 Å². The first-order valence-corrected chi connectivity index (χ1v) is 6.81. The molecule has 20 heavy (non-hydrogen) atoms. The van der Waals surface area contributed by atoms with Crippen molar-refractivity contribution in [1.82, 2.24) is 19.5 Å². The fourth-order valence-corrected chi connectivity index (χ4v) is 2.73. The second kappa shape index (κ2) is 5.20. The molecule has 0 aliphatic carbocycles. The molecule has 0 aromatic carbocycles. The summed E-state index contributed by atoms with van der Waals surface area (Å²) in [6, 6.07) is 5.35. The highest BCUT2D eigenvalue weighted by Crippen LogP contribution is 2.24. The van der Waals surface area contributed by atoms with Crippen molar-refractivity contribution in [3.63, 3.8) is 0 Å². The van der Waals surface area contributed by atoms with Gasteiger partial charge in [0.05, 0.1) is 7.11 Å². The van der Waals surface area contributed by atoms with Gasteiger partial charge in [-0.25, -0.2) is 14.3 Å². The van der Waals surface area contributed by atoms with E-state index in [0.29, 0.717) is 17.3 Å². The largest absolute Gasteiger partial charge is 0.464 e. The van der Waals surface area contributed by atoms with Crippen LogP contribution in [-0.2, 0) is 4.74 Å². The van der Waals surface area contributed by atoms with Crippen molar-refractivity contribution >= 4 is 11.6 Å². The van der Waals surface area contributed by atoms with E-state index in [1.165, 1.54) is 7.11 Å². The lowest BCUT2D eigenvalue weighted by Gasteiger charge is -2.27. The molecule has 0 saturated carbocycles. The zero-order chi connectivity index (χ0) is 14.1. The molecule has 1 unspecified atom stereocenters. The molecule has 1 aliphatic heterocycles. The quantitative estimate of drug-likeness (QED) is 0.773. The topological polar surface area (TPSA) is 59.7 Å². The number of carbonyl (C=O) groups is 1. The molecular weight excluding hydrogens is 256 g/mol. The molecule has 3 heterocycles. The average Bonchev–Trinajstić information content (AvgIpc) is 2.90. The highest BCUT2D eigenvalue weighted by molar-refractivity contribution is 5.88. The number of likely N-dealkylation sites (tertiary alicyclic amines) is 1. The molecule has 6 heteroatoms. The van der Waals surface area contributed by atoms with Crippen LogP contribution in [0.1, 0.15) is 35.1 Å². The number of aromatic nitrogens is 3. The van der Waals surface area contributed by atoms with Gasteiger partial charge in [0, 0.05) is 12.5 Å². The molecule has 106 valence electrons. The summed E-state index contributed by atoms with van der Waals surface area (Å²) in [5.41, 5.74) is 1.10. The van der Waals surface area contributed by atoms with Crippen LogP contribution in [0.2, 0.25) is 0 Å². The molecule has 0 bridgehead atoms. The molecule has 2 aromatic rings. The van der Waals surface area contributed by atoms with Crippen LogP contribution in [0.3, 0.4) is 0 Å². The van der Waals surface area contributed by atoms with Gasteiger partial charge < -0.3 is 9.64 Å². The third-order valence-electron chi connectivity index (χ3n) is 3.76. The minimum atomic E-state index is -0.396. The maximum Gasteiger partial charge on any atom is 0.356 e. The second-order valence-corrected chi connectivity index (χ2v) is 5.24. The monoisotopic (exact) mass is 274 g/mol. The van der Waals surface area contributed by atoms with Crippen LogP contribution < -0.4 is 0 Å². The van der Waals surface area contributed by atoms with Gasteiger partial charge in [-0.2, -0.15) is 5.10 Å². The number of hydrogen-bond donors (Lipinski definition) is 0. The van der Waals surface area contributed by atoms with E-state index in [9.17, 15) is 4.79 Å². The fourth-order valence-electron chi connectivity index (χ4n) is 2.73. The normalized spacial score (nSPS) is 20.2. The first-order valence-electron chi connectivity index (χ1n) is 6.81. The number of pyridine rings is 1. The van der Waals surface area contributed by atoms with Crippen molar-refractivity contribution in [3.8, 4) is 0 Å². The van der Waals surface area contributed by atoms with Crippen molar-refractivity contribution in [2.24, 2.45) is 0 Å². The van der Waals surface area contributed by atoms with Crippen molar-refractivity contribution in [2.75, 3.05) is 27.2 Å². The minimum Gasteiger partial charge on any atom is -0.464 e. The fraction of sp³-hybridized carbons (Fsp3) is 0.500. The molecular formula is C14H18N4O2. The molecule has 0 spiro atoms. The van der Waals surface area contributed by atoms with Crippen LogP contribution in [-0.4, -0.2) is 52.7 Å².